The third-order valence-corrected chi connectivity index (χ3v) is 8.81. The number of halogens is 1. The minimum Gasteiger partial charge on any atom is -0.437 e. The van der Waals surface area contributed by atoms with Gasteiger partial charge < -0.3 is 15.4 Å². The minimum absolute atomic E-state index is 0.0638. The first-order valence-corrected chi connectivity index (χ1v) is 15.5. The molecule has 2 unspecified atom stereocenters. The number of ether oxygens (including phenoxy) is 1. The average Bonchev–Trinajstić information content (AvgIpc) is 2.96. The number of pyridine rings is 1. The molecule has 1 aliphatic rings. The summed E-state index contributed by atoms with van der Waals surface area (Å²) in [6.07, 6.45) is 6.15. The van der Waals surface area contributed by atoms with Crippen LogP contribution in [0.2, 0.25) is 0 Å². The molecular weight excluding hydrogens is 543 g/mol. The molecule has 9 nitrogen and oxygen atoms in total. The van der Waals surface area contributed by atoms with Crippen LogP contribution in [0.4, 0.5) is 16.0 Å². The zero-order valence-electron chi connectivity index (χ0n) is 23.4. The first-order valence-electron chi connectivity index (χ1n) is 13.9. The van der Waals surface area contributed by atoms with Gasteiger partial charge in [0.2, 0.25) is 21.9 Å². The number of benzene rings is 2. The molecule has 5 rings (SSSR count). The molecule has 3 N–H and O–H groups in total. The fraction of sp³-hybridized carbons (Fsp3) is 0.367. The Balaban J connectivity index is 1.49. The average molecular weight is 579 g/mol. The Labute approximate surface area is 240 Å². The smallest absolute Gasteiger partial charge is 0.233 e. The van der Waals surface area contributed by atoms with Crippen molar-refractivity contribution in [3.05, 3.63) is 66.2 Å². The molecule has 41 heavy (non-hydrogen) atoms. The van der Waals surface area contributed by atoms with Crippen LogP contribution in [0.5, 0.6) is 11.6 Å². The van der Waals surface area contributed by atoms with Gasteiger partial charge in [-0.2, -0.15) is 0 Å². The summed E-state index contributed by atoms with van der Waals surface area (Å²) >= 11 is 0. The van der Waals surface area contributed by atoms with E-state index in [9.17, 15) is 8.42 Å². The lowest BCUT2D eigenvalue weighted by Crippen LogP contribution is -2.38. The third-order valence-electron chi connectivity index (χ3n) is 7.29. The molecule has 2 atom stereocenters. The number of aryl methyl sites for hydroxylation is 1. The maximum absolute atomic E-state index is 15.0. The molecule has 11 heteroatoms. The topological polar surface area (TPSA) is 118 Å². The van der Waals surface area contributed by atoms with Gasteiger partial charge in [0.1, 0.15) is 11.6 Å². The predicted molar refractivity (Wildman–Crippen MR) is 160 cm³/mol. The number of sulfonamides is 1. The summed E-state index contributed by atoms with van der Waals surface area (Å²) in [5.41, 5.74) is 1.98. The van der Waals surface area contributed by atoms with Crippen LogP contribution < -0.4 is 20.1 Å². The molecule has 0 amide bonds. The molecule has 2 aromatic heterocycles. The van der Waals surface area contributed by atoms with Crippen molar-refractivity contribution in [2.24, 2.45) is 5.92 Å². The number of rotatable bonds is 10. The lowest BCUT2D eigenvalue weighted by Gasteiger charge is -2.23. The summed E-state index contributed by atoms with van der Waals surface area (Å²) in [6, 6.07) is 12.0. The summed E-state index contributed by atoms with van der Waals surface area (Å²) in [6.45, 7) is 7.51. The fourth-order valence-electron chi connectivity index (χ4n) is 4.89. The highest BCUT2D eigenvalue weighted by Gasteiger charge is 2.21. The highest BCUT2D eigenvalue weighted by atomic mass is 32.2. The van der Waals surface area contributed by atoms with Crippen LogP contribution in [0.3, 0.4) is 0 Å². The molecule has 4 aromatic rings. The van der Waals surface area contributed by atoms with Crippen molar-refractivity contribution in [3.8, 4) is 22.9 Å². The first-order chi connectivity index (χ1) is 19.7. The largest absolute Gasteiger partial charge is 0.437 e. The first kappa shape index (κ1) is 28.7. The molecule has 0 radical (unpaired) electrons. The molecule has 0 spiro atoms. The van der Waals surface area contributed by atoms with Crippen molar-refractivity contribution in [2.45, 2.75) is 46.1 Å². The Hall–Kier alpha value is -3.83. The number of nitrogens with zero attached hydrogens (tertiary/aromatic N) is 3. The van der Waals surface area contributed by atoms with E-state index in [4.69, 9.17) is 9.72 Å². The van der Waals surface area contributed by atoms with Crippen molar-refractivity contribution < 1.29 is 17.5 Å². The molecule has 0 bridgehead atoms. The van der Waals surface area contributed by atoms with Gasteiger partial charge in [0.25, 0.3) is 0 Å². The molecular formula is C30H35FN6O3S. The monoisotopic (exact) mass is 578 g/mol. The second kappa shape index (κ2) is 12.4. The molecule has 0 aliphatic carbocycles. The quantitative estimate of drug-likeness (QED) is 0.213. The van der Waals surface area contributed by atoms with E-state index in [0.717, 1.165) is 31.5 Å². The van der Waals surface area contributed by atoms with Crippen LogP contribution in [0.15, 0.2) is 54.9 Å². The Bertz CT molecular complexity index is 1640. The van der Waals surface area contributed by atoms with Crippen molar-refractivity contribution in [1.29, 1.82) is 0 Å². The Morgan fingerprint density at radius 2 is 1.95 bits per heavy atom. The maximum atomic E-state index is 15.0. The van der Waals surface area contributed by atoms with Crippen LogP contribution in [-0.2, 0) is 10.0 Å². The molecule has 1 aliphatic heterocycles. The molecule has 0 saturated carbocycles. The fourth-order valence-corrected chi connectivity index (χ4v) is 6.48. The Morgan fingerprint density at radius 1 is 1.12 bits per heavy atom. The van der Waals surface area contributed by atoms with Crippen molar-refractivity contribution in [1.82, 2.24) is 20.3 Å². The number of aromatic nitrogens is 3. The minimum atomic E-state index is -3.77. The summed E-state index contributed by atoms with van der Waals surface area (Å²) in [5.74, 6) is 0.468. The maximum Gasteiger partial charge on any atom is 0.233 e. The van der Waals surface area contributed by atoms with E-state index in [0.29, 0.717) is 46.0 Å². The van der Waals surface area contributed by atoms with E-state index in [1.807, 2.05) is 26.8 Å². The van der Waals surface area contributed by atoms with Gasteiger partial charge in [-0.15, -0.1) is 0 Å². The molecule has 1 fully saturated rings. The van der Waals surface area contributed by atoms with Gasteiger partial charge in [-0.25, -0.2) is 27.8 Å². The molecule has 2 aromatic carbocycles. The van der Waals surface area contributed by atoms with Crippen LogP contribution >= 0.6 is 0 Å². The van der Waals surface area contributed by atoms with Crippen LogP contribution in [0.25, 0.3) is 22.0 Å². The lowest BCUT2D eigenvalue weighted by molar-refractivity contribution is 0.466. The summed E-state index contributed by atoms with van der Waals surface area (Å²) in [5, 5.41) is 7.73. The van der Waals surface area contributed by atoms with E-state index in [1.165, 1.54) is 6.07 Å². The zero-order chi connectivity index (χ0) is 29.0. The van der Waals surface area contributed by atoms with Gasteiger partial charge in [-0.3, -0.25) is 4.72 Å². The number of hydrogen-bond acceptors (Lipinski definition) is 8. The highest BCUT2D eigenvalue weighted by molar-refractivity contribution is 7.92. The lowest BCUT2D eigenvalue weighted by atomic mass is 10.0. The predicted octanol–water partition coefficient (Wildman–Crippen LogP) is 5.88. The van der Waals surface area contributed by atoms with E-state index in [2.05, 4.69) is 25.3 Å². The van der Waals surface area contributed by atoms with Gasteiger partial charge >= 0.3 is 0 Å². The van der Waals surface area contributed by atoms with Gasteiger partial charge in [0.05, 0.1) is 22.7 Å². The third kappa shape index (κ3) is 6.74. The molecule has 216 valence electrons. The van der Waals surface area contributed by atoms with Crippen molar-refractivity contribution >= 4 is 32.4 Å². The van der Waals surface area contributed by atoms with E-state index < -0.39 is 15.8 Å². The van der Waals surface area contributed by atoms with Crippen molar-refractivity contribution in [2.75, 3.05) is 28.9 Å². The van der Waals surface area contributed by atoms with Gasteiger partial charge in [0, 0.05) is 35.8 Å². The van der Waals surface area contributed by atoms with Crippen LogP contribution in [-0.4, -0.2) is 48.3 Å². The summed E-state index contributed by atoms with van der Waals surface area (Å²) in [7, 11) is -3.77. The number of piperidine rings is 1. The van der Waals surface area contributed by atoms with Gasteiger partial charge in [0.15, 0.2) is 0 Å². The Kier molecular flexibility index (Phi) is 8.65. The SMILES string of the molecule is CCC(C)CS(=O)(=O)Nc1c(F)ccc2c(Oc3ncccc3-c3ccnc(NC4CCCNC4)n3)c(C)ccc12. The van der Waals surface area contributed by atoms with Gasteiger partial charge in [-0.1, -0.05) is 32.4 Å². The number of nitrogens with one attached hydrogen (secondary N) is 3. The summed E-state index contributed by atoms with van der Waals surface area (Å²) < 4.78 is 49.5. The number of hydrogen-bond donors (Lipinski definition) is 3. The second-order valence-corrected chi connectivity index (χ2v) is 12.3. The number of anilines is 2. The zero-order valence-corrected chi connectivity index (χ0v) is 24.3. The normalized spacial score (nSPS) is 16.3. The van der Waals surface area contributed by atoms with Crippen molar-refractivity contribution in [3.63, 3.8) is 0 Å². The van der Waals surface area contributed by atoms with E-state index in [-0.39, 0.29) is 23.4 Å². The van der Waals surface area contributed by atoms with E-state index >= 15 is 4.39 Å². The number of fused-ring (bicyclic) bond motifs is 1. The molecule has 1 saturated heterocycles. The highest BCUT2D eigenvalue weighted by Crippen LogP contribution is 2.39. The molecule has 3 heterocycles. The Morgan fingerprint density at radius 3 is 2.73 bits per heavy atom. The van der Waals surface area contributed by atoms with Crippen LogP contribution in [0, 0.1) is 18.7 Å². The standard InChI is InChI=1S/C30H35FN6O3S/c1-4-19(2)18-41(38,39)37-27-22-10-9-20(3)28(23(22)11-12-25(27)31)40-29-24(8-6-15-33-29)26-13-16-34-30(36-26)35-21-7-5-14-32-17-21/h6,8-13,15-16,19,21,32,37H,4-5,7,14,17-18H2,1-3H3,(H,34,35,36). The van der Waals surface area contributed by atoms with E-state index in [1.54, 1.807) is 42.7 Å². The summed E-state index contributed by atoms with van der Waals surface area (Å²) in [4.78, 5) is 13.6. The van der Waals surface area contributed by atoms with Crippen LogP contribution in [0.1, 0.15) is 38.7 Å². The second-order valence-electron chi connectivity index (χ2n) is 10.5. The van der Waals surface area contributed by atoms with Gasteiger partial charge in [-0.05, 0) is 68.1 Å².